The van der Waals surface area contributed by atoms with Crippen molar-refractivity contribution in [2.24, 2.45) is 11.5 Å². The summed E-state index contributed by atoms with van der Waals surface area (Å²) >= 11 is 0. The molecule has 6 N–H and O–H groups in total. The highest BCUT2D eigenvalue weighted by Crippen LogP contribution is 2.51. The summed E-state index contributed by atoms with van der Waals surface area (Å²) in [7, 11) is 1.29. The minimum atomic E-state index is -5.20. The van der Waals surface area contributed by atoms with Gasteiger partial charge in [-0.05, 0) is 49.6 Å². The second-order valence-electron chi connectivity index (χ2n) is 11.4. The summed E-state index contributed by atoms with van der Waals surface area (Å²) in [6.07, 6.45) is -10.1. The zero-order valence-electron chi connectivity index (χ0n) is 26.8. The van der Waals surface area contributed by atoms with Gasteiger partial charge in [0.15, 0.2) is 0 Å². The van der Waals surface area contributed by atoms with Gasteiger partial charge >= 0.3 is 24.4 Å². The Kier molecular flexibility index (Phi) is 10.9. The first-order valence-electron chi connectivity index (χ1n) is 15.0. The first-order chi connectivity index (χ1) is 23.3. The van der Waals surface area contributed by atoms with E-state index in [0.717, 1.165) is 17.3 Å². The highest BCUT2D eigenvalue weighted by Gasteiger charge is 2.50. The summed E-state index contributed by atoms with van der Waals surface area (Å²) in [4.78, 5) is 50.6. The number of carboxylic acid groups (broad SMARTS) is 1. The molecule has 19 heteroatoms. The maximum atomic E-state index is 14.1. The number of aliphatic carboxylic acids is 1. The van der Waals surface area contributed by atoms with Gasteiger partial charge in [-0.25, -0.2) is 19.7 Å². The fourth-order valence-corrected chi connectivity index (χ4v) is 5.68. The van der Waals surface area contributed by atoms with Crippen LogP contribution < -0.4 is 26.4 Å². The average molecular weight is 714 g/mol. The van der Waals surface area contributed by atoms with Crippen molar-refractivity contribution >= 4 is 29.3 Å². The molecule has 270 valence electrons. The van der Waals surface area contributed by atoms with Crippen molar-refractivity contribution < 1.29 is 55.3 Å². The summed E-state index contributed by atoms with van der Waals surface area (Å²) < 4.78 is 95.1. The molecule has 13 nitrogen and oxygen atoms in total. The zero-order chi connectivity index (χ0) is 37.2. The van der Waals surface area contributed by atoms with Crippen LogP contribution in [0.3, 0.4) is 0 Å². The lowest BCUT2D eigenvalue weighted by Gasteiger charge is -2.47. The molecule has 2 aromatic heterocycles. The number of ether oxygens (including phenoxy) is 2. The minimum absolute atomic E-state index is 0.00836. The van der Waals surface area contributed by atoms with Gasteiger partial charge in [0.1, 0.15) is 5.82 Å². The van der Waals surface area contributed by atoms with E-state index in [0.29, 0.717) is 12.1 Å². The molecule has 1 aliphatic rings. The minimum Gasteiger partial charge on any atom is -0.481 e. The summed E-state index contributed by atoms with van der Waals surface area (Å²) in [6.45, 7) is 3.16. The number of alkyl halides is 6. The molecule has 0 saturated carbocycles. The molecule has 1 aliphatic heterocycles. The van der Waals surface area contributed by atoms with Crippen molar-refractivity contribution in [2.75, 3.05) is 23.9 Å². The molecular formula is C31H33F6N7O6. The van der Waals surface area contributed by atoms with E-state index in [-0.39, 0.29) is 54.3 Å². The number of aromatic nitrogens is 3. The lowest BCUT2D eigenvalue weighted by Crippen LogP contribution is -2.62. The Labute approximate surface area is 281 Å². The molecule has 0 bridgehead atoms. The SMILES string of the molecule is CCOC(=O)N1c2ccc(OC)nc2C(C(c2cc(C(F)(F)F)cc(C(F)(F)F)c2)c2ncc(NC(=O)C(N)CC(=O)O)cn2)CC1(N)CC. The van der Waals surface area contributed by atoms with Crippen molar-refractivity contribution in [3.8, 4) is 5.88 Å². The van der Waals surface area contributed by atoms with Crippen LogP contribution in [0.25, 0.3) is 0 Å². The maximum Gasteiger partial charge on any atom is 0.416 e. The number of hydrogen-bond acceptors (Lipinski definition) is 10. The number of rotatable bonds is 10. The number of nitrogens with zero attached hydrogens (tertiary/aromatic N) is 4. The molecule has 4 atom stereocenters. The number of nitrogens with two attached hydrogens (primary N) is 2. The van der Waals surface area contributed by atoms with Gasteiger partial charge in [0.05, 0.1) is 78.3 Å². The molecule has 0 spiro atoms. The topological polar surface area (TPSA) is 196 Å². The van der Waals surface area contributed by atoms with E-state index < -0.39 is 77.0 Å². The Hall–Kier alpha value is -5.04. The largest absolute Gasteiger partial charge is 0.481 e. The number of benzene rings is 1. The number of carbonyl (C=O) groups excluding carboxylic acids is 2. The Bertz CT molecular complexity index is 1710. The predicted molar refractivity (Wildman–Crippen MR) is 164 cm³/mol. The van der Waals surface area contributed by atoms with Gasteiger partial charge in [0, 0.05) is 12.0 Å². The van der Waals surface area contributed by atoms with Crippen LogP contribution in [-0.2, 0) is 26.7 Å². The molecule has 4 rings (SSSR count). The van der Waals surface area contributed by atoms with Gasteiger partial charge in [0.25, 0.3) is 0 Å². The van der Waals surface area contributed by atoms with E-state index in [2.05, 4.69) is 20.3 Å². The van der Waals surface area contributed by atoms with Gasteiger partial charge in [-0.1, -0.05) is 6.92 Å². The van der Waals surface area contributed by atoms with E-state index in [1.54, 1.807) is 13.8 Å². The molecule has 0 fully saturated rings. The number of carboxylic acids is 1. The van der Waals surface area contributed by atoms with Crippen molar-refractivity contribution in [3.63, 3.8) is 0 Å². The average Bonchev–Trinajstić information content (AvgIpc) is 3.04. The zero-order valence-corrected chi connectivity index (χ0v) is 26.8. The number of hydrogen-bond donors (Lipinski definition) is 4. The Balaban J connectivity index is 1.99. The molecule has 2 amide bonds. The first-order valence-corrected chi connectivity index (χ1v) is 15.0. The molecule has 4 unspecified atom stereocenters. The smallest absolute Gasteiger partial charge is 0.416 e. The van der Waals surface area contributed by atoms with Crippen LogP contribution in [-0.4, -0.2) is 63.4 Å². The molecule has 0 saturated heterocycles. The van der Waals surface area contributed by atoms with Crippen molar-refractivity contribution in [2.45, 2.75) is 69.0 Å². The Morgan fingerprint density at radius 2 is 1.66 bits per heavy atom. The van der Waals surface area contributed by atoms with Gasteiger partial charge in [-0.3, -0.25) is 14.5 Å². The van der Waals surface area contributed by atoms with E-state index in [4.69, 9.17) is 26.0 Å². The third kappa shape index (κ3) is 8.05. The van der Waals surface area contributed by atoms with E-state index >= 15 is 0 Å². The normalized spacial score (nSPS) is 18.9. The van der Waals surface area contributed by atoms with Crippen LogP contribution >= 0.6 is 0 Å². The van der Waals surface area contributed by atoms with E-state index in [9.17, 15) is 40.7 Å². The van der Waals surface area contributed by atoms with Gasteiger partial charge in [0.2, 0.25) is 11.8 Å². The first kappa shape index (κ1) is 37.8. The number of halogens is 6. The van der Waals surface area contributed by atoms with Crippen LogP contribution in [0.5, 0.6) is 5.88 Å². The highest BCUT2D eigenvalue weighted by atomic mass is 19.4. The molecule has 3 aromatic rings. The third-order valence-electron chi connectivity index (χ3n) is 8.08. The summed E-state index contributed by atoms with van der Waals surface area (Å²) in [5.74, 6) is -5.24. The van der Waals surface area contributed by atoms with Crippen LogP contribution in [0, 0.1) is 0 Å². The molecule has 50 heavy (non-hydrogen) atoms. The molecule has 3 heterocycles. The number of anilines is 2. The lowest BCUT2D eigenvalue weighted by molar-refractivity contribution is -0.143. The number of fused-ring (bicyclic) bond motifs is 1. The maximum absolute atomic E-state index is 14.1. The number of nitrogens with one attached hydrogen (secondary N) is 1. The third-order valence-corrected chi connectivity index (χ3v) is 8.08. The highest BCUT2D eigenvalue weighted by molar-refractivity contribution is 5.96. The van der Waals surface area contributed by atoms with Crippen molar-refractivity contribution in [1.29, 1.82) is 0 Å². The Morgan fingerprint density at radius 3 is 2.16 bits per heavy atom. The van der Waals surface area contributed by atoms with Crippen molar-refractivity contribution in [3.05, 3.63) is 70.9 Å². The van der Waals surface area contributed by atoms with Crippen LogP contribution in [0.1, 0.15) is 73.2 Å². The van der Waals surface area contributed by atoms with Crippen LogP contribution in [0.15, 0.2) is 42.7 Å². The quantitative estimate of drug-likeness (QED) is 0.206. The number of pyridine rings is 1. The van der Waals surface area contributed by atoms with Gasteiger partial charge in [-0.15, -0.1) is 0 Å². The summed E-state index contributed by atoms with van der Waals surface area (Å²) in [5, 5.41) is 11.2. The van der Waals surface area contributed by atoms with Crippen LogP contribution in [0.4, 0.5) is 42.5 Å². The fourth-order valence-electron chi connectivity index (χ4n) is 5.68. The van der Waals surface area contributed by atoms with Gasteiger partial charge < -0.3 is 31.4 Å². The second kappa shape index (κ2) is 14.4. The fraction of sp³-hybridized carbons (Fsp3) is 0.419. The Morgan fingerprint density at radius 1 is 1.06 bits per heavy atom. The molecule has 0 radical (unpaired) electrons. The van der Waals surface area contributed by atoms with Crippen molar-refractivity contribution in [1.82, 2.24) is 15.0 Å². The molecule has 0 aliphatic carbocycles. The van der Waals surface area contributed by atoms with E-state index in [1.165, 1.54) is 19.2 Å². The predicted octanol–water partition coefficient (Wildman–Crippen LogP) is 5.01. The summed E-state index contributed by atoms with van der Waals surface area (Å²) in [6, 6.07) is 2.44. The van der Waals surface area contributed by atoms with E-state index in [1.807, 2.05) is 0 Å². The number of carbonyl (C=O) groups is 3. The summed E-state index contributed by atoms with van der Waals surface area (Å²) in [5.41, 5.74) is 7.09. The van der Waals surface area contributed by atoms with Crippen LogP contribution in [0.2, 0.25) is 0 Å². The number of amides is 2. The molecule has 1 aromatic carbocycles. The molecular weight excluding hydrogens is 680 g/mol. The number of methoxy groups -OCH3 is 1. The second-order valence-corrected chi connectivity index (χ2v) is 11.4. The van der Waals surface area contributed by atoms with Gasteiger partial charge in [-0.2, -0.15) is 26.3 Å². The monoisotopic (exact) mass is 713 g/mol. The lowest BCUT2D eigenvalue weighted by atomic mass is 9.73. The standard InChI is InChI=1S/C31H33F6N7O6/c1-4-29(39)12-19(25-21(6-7-22(43-25)49-3)44(29)28(48)50-5-2)24(15-8-16(30(32,33)34)10-17(9-15)31(35,36)37)26-40-13-18(14-41-26)42-27(47)20(38)11-23(45)46/h6-10,13-14,19-20,24H,4-5,11-12,38-39H2,1-3H3,(H,42,47)(H,45,46).